The van der Waals surface area contributed by atoms with Crippen LogP contribution in [0.3, 0.4) is 0 Å². The van der Waals surface area contributed by atoms with Crippen molar-refractivity contribution < 1.29 is 4.79 Å². The number of thioether (sulfide) groups is 1. The van der Waals surface area contributed by atoms with Crippen LogP contribution in [0, 0.1) is 25.2 Å². The number of anilines is 2. The van der Waals surface area contributed by atoms with Gasteiger partial charge in [-0.05, 0) is 37.1 Å². The third kappa shape index (κ3) is 4.44. The summed E-state index contributed by atoms with van der Waals surface area (Å²) in [5.74, 6) is 0.309. The topological polar surface area (TPSA) is 90.7 Å². The Hall–Kier alpha value is -2.11. The molecule has 2 rings (SSSR count). The Labute approximate surface area is 130 Å². The molecule has 1 aromatic heterocycles. The van der Waals surface area contributed by atoms with Crippen LogP contribution < -0.4 is 10.6 Å². The van der Waals surface area contributed by atoms with E-state index in [9.17, 15) is 4.79 Å². The van der Waals surface area contributed by atoms with Crippen LogP contribution in [0.5, 0.6) is 0 Å². The summed E-state index contributed by atoms with van der Waals surface area (Å²) in [7, 11) is 0. The maximum atomic E-state index is 11.9. The van der Waals surface area contributed by atoms with Gasteiger partial charge in [0.1, 0.15) is 0 Å². The number of carbonyl (C=O) groups excluding carboxylic acids is 1. The number of carbonyl (C=O) groups is 1. The Kier molecular flexibility index (Phi) is 5.14. The summed E-state index contributed by atoms with van der Waals surface area (Å²) in [5, 5.41) is 22.0. The summed E-state index contributed by atoms with van der Waals surface area (Å²) in [5.41, 5.74) is 3.00. The molecule has 0 fully saturated rings. The van der Waals surface area contributed by atoms with E-state index in [0.29, 0.717) is 15.2 Å². The zero-order valence-corrected chi connectivity index (χ0v) is 13.1. The molecule has 2 amide bonds. The fraction of sp³-hybridized carbons (Fsp3) is 0.231. The van der Waals surface area contributed by atoms with Gasteiger partial charge in [-0.1, -0.05) is 29.2 Å². The molecule has 0 aliphatic rings. The molecule has 0 spiro atoms. The van der Waals surface area contributed by atoms with Crippen molar-refractivity contribution in [2.24, 2.45) is 0 Å². The van der Waals surface area contributed by atoms with Crippen LogP contribution in [-0.2, 0) is 0 Å². The van der Waals surface area contributed by atoms with Gasteiger partial charge in [-0.3, -0.25) is 5.32 Å². The van der Waals surface area contributed by atoms with Crippen molar-refractivity contribution in [3.8, 4) is 6.07 Å². The molecule has 0 aliphatic heterocycles. The SMILES string of the molecule is Cc1ccc(NC(=O)Nc2nnc(SCC#N)s2)cc1C. The van der Waals surface area contributed by atoms with E-state index < -0.39 is 0 Å². The number of aromatic nitrogens is 2. The normalized spacial score (nSPS) is 9.95. The number of benzene rings is 1. The lowest BCUT2D eigenvalue weighted by Crippen LogP contribution is -2.19. The molecule has 1 heterocycles. The van der Waals surface area contributed by atoms with E-state index in [2.05, 4.69) is 20.8 Å². The van der Waals surface area contributed by atoms with E-state index in [4.69, 9.17) is 5.26 Å². The number of aryl methyl sites for hydroxylation is 2. The number of amides is 2. The Bertz CT molecular complexity index is 692. The first kappa shape index (κ1) is 15.3. The highest BCUT2D eigenvalue weighted by Crippen LogP contribution is 2.25. The molecule has 1 aromatic carbocycles. The number of rotatable bonds is 4. The van der Waals surface area contributed by atoms with E-state index in [1.165, 1.54) is 28.7 Å². The maximum absolute atomic E-state index is 11.9. The molecule has 0 unspecified atom stereocenters. The summed E-state index contributed by atoms with van der Waals surface area (Å²) >= 11 is 2.52. The van der Waals surface area contributed by atoms with Gasteiger partial charge in [-0.15, -0.1) is 10.2 Å². The van der Waals surface area contributed by atoms with Crippen LogP contribution >= 0.6 is 23.1 Å². The number of hydrogen-bond donors (Lipinski definition) is 2. The molecule has 2 aromatic rings. The van der Waals surface area contributed by atoms with Gasteiger partial charge in [-0.2, -0.15) is 5.26 Å². The summed E-state index contributed by atoms with van der Waals surface area (Å²) in [4.78, 5) is 11.9. The molecule has 108 valence electrons. The van der Waals surface area contributed by atoms with Crippen LogP contribution in [0.1, 0.15) is 11.1 Å². The first-order valence-corrected chi connectivity index (χ1v) is 7.87. The number of nitriles is 1. The molecule has 0 radical (unpaired) electrons. The van der Waals surface area contributed by atoms with Gasteiger partial charge in [0, 0.05) is 5.69 Å². The first-order valence-electron chi connectivity index (χ1n) is 6.07. The zero-order valence-electron chi connectivity index (χ0n) is 11.5. The molecule has 21 heavy (non-hydrogen) atoms. The van der Waals surface area contributed by atoms with Crippen LogP contribution in [0.4, 0.5) is 15.6 Å². The quantitative estimate of drug-likeness (QED) is 0.665. The van der Waals surface area contributed by atoms with Crippen molar-refractivity contribution in [1.29, 1.82) is 5.26 Å². The first-order chi connectivity index (χ1) is 10.1. The van der Waals surface area contributed by atoms with Crippen LogP contribution in [0.15, 0.2) is 22.5 Å². The highest BCUT2D eigenvalue weighted by Gasteiger charge is 2.09. The van der Waals surface area contributed by atoms with Crippen molar-refractivity contribution in [3.63, 3.8) is 0 Å². The van der Waals surface area contributed by atoms with Gasteiger partial charge in [0.2, 0.25) is 5.13 Å². The minimum atomic E-state index is -0.369. The molecular weight excluding hydrogens is 306 g/mol. The highest BCUT2D eigenvalue weighted by atomic mass is 32.2. The van der Waals surface area contributed by atoms with Gasteiger partial charge in [0.15, 0.2) is 4.34 Å². The van der Waals surface area contributed by atoms with Crippen LogP contribution in [0.2, 0.25) is 0 Å². The second-order valence-corrected chi connectivity index (χ2v) is 6.40. The summed E-state index contributed by atoms with van der Waals surface area (Å²) in [6.45, 7) is 4.00. The predicted molar refractivity (Wildman–Crippen MR) is 84.8 cm³/mol. The Balaban J connectivity index is 1.93. The van der Waals surface area contributed by atoms with Crippen LogP contribution in [-0.4, -0.2) is 22.0 Å². The van der Waals surface area contributed by atoms with Gasteiger partial charge in [-0.25, -0.2) is 4.79 Å². The van der Waals surface area contributed by atoms with Gasteiger partial charge < -0.3 is 5.32 Å². The molecule has 0 bridgehead atoms. The number of hydrogen-bond acceptors (Lipinski definition) is 6. The molecule has 8 heteroatoms. The predicted octanol–water partition coefficient (Wildman–Crippen LogP) is 3.41. The van der Waals surface area contributed by atoms with Gasteiger partial charge in [0.25, 0.3) is 0 Å². The Morgan fingerprint density at radius 3 is 2.86 bits per heavy atom. The smallest absolute Gasteiger partial charge is 0.308 e. The molecular formula is C13H13N5OS2. The molecule has 6 nitrogen and oxygen atoms in total. The monoisotopic (exact) mass is 319 g/mol. The standard InChI is InChI=1S/C13H13N5OS2/c1-8-3-4-10(7-9(8)2)15-11(19)16-12-17-18-13(21-12)20-6-5-14/h3-4,7H,6H2,1-2H3,(H2,15,16,17,19). The lowest BCUT2D eigenvalue weighted by atomic mass is 10.1. The third-order valence-corrected chi connectivity index (χ3v) is 4.49. The fourth-order valence-corrected chi connectivity index (χ4v) is 2.90. The lowest BCUT2D eigenvalue weighted by Gasteiger charge is -2.07. The van der Waals surface area contributed by atoms with E-state index in [1.807, 2.05) is 38.1 Å². The van der Waals surface area contributed by atoms with E-state index in [1.54, 1.807) is 0 Å². The average Bonchev–Trinajstić information content (AvgIpc) is 2.88. The molecule has 0 saturated carbocycles. The molecule has 0 aliphatic carbocycles. The van der Waals surface area contributed by atoms with Crippen molar-refractivity contribution in [2.75, 3.05) is 16.4 Å². The van der Waals surface area contributed by atoms with E-state index >= 15 is 0 Å². The molecule has 2 N–H and O–H groups in total. The lowest BCUT2D eigenvalue weighted by molar-refractivity contribution is 0.262. The van der Waals surface area contributed by atoms with Crippen molar-refractivity contribution in [1.82, 2.24) is 10.2 Å². The Morgan fingerprint density at radius 2 is 2.14 bits per heavy atom. The molecule has 0 saturated heterocycles. The minimum absolute atomic E-state index is 0.309. The number of urea groups is 1. The zero-order chi connectivity index (χ0) is 15.2. The summed E-state index contributed by atoms with van der Waals surface area (Å²) in [6, 6.07) is 7.34. The summed E-state index contributed by atoms with van der Waals surface area (Å²) in [6.07, 6.45) is 0. The number of nitrogens with one attached hydrogen (secondary N) is 2. The maximum Gasteiger partial charge on any atom is 0.325 e. The minimum Gasteiger partial charge on any atom is -0.308 e. The molecule has 0 atom stereocenters. The largest absolute Gasteiger partial charge is 0.325 e. The highest BCUT2D eigenvalue weighted by molar-refractivity contribution is 8.01. The third-order valence-electron chi connectivity index (χ3n) is 2.65. The second-order valence-electron chi connectivity index (χ2n) is 4.20. The van der Waals surface area contributed by atoms with Crippen molar-refractivity contribution >= 4 is 39.9 Å². The second kappa shape index (κ2) is 7.06. The fourth-order valence-electron chi connectivity index (χ4n) is 1.49. The Morgan fingerprint density at radius 1 is 1.33 bits per heavy atom. The average molecular weight is 319 g/mol. The van der Waals surface area contributed by atoms with Crippen molar-refractivity contribution in [2.45, 2.75) is 18.2 Å². The van der Waals surface area contributed by atoms with Gasteiger partial charge in [0.05, 0.1) is 11.8 Å². The number of nitrogens with zero attached hydrogens (tertiary/aromatic N) is 3. The van der Waals surface area contributed by atoms with Crippen molar-refractivity contribution in [3.05, 3.63) is 29.3 Å². The van der Waals surface area contributed by atoms with E-state index in [-0.39, 0.29) is 6.03 Å². The van der Waals surface area contributed by atoms with Gasteiger partial charge >= 0.3 is 6.03 Å². The van der Waals surface area contributed by atoms with Crippen LogP contribution in [0.25, 0.3) is 0 Å². The summed E-state index contributed by atoms with van der Waals surface area (Å²) < 4.78 is 0.651. The van der Waals surface area contributed by atoms with E-state index in [0.717, 1.165) is 11.3 Å².